The predicted molar refractivity (Wildman–Crippen MR) is 100 cm³/mol. The summed E-state index contributed by atoms with van der Waals surface area (Å²) in [5.41, 5.74) is 1.91. The van der Waals surface area contributed by atoms with E-state index in [1.54, 1.807) is 6.20 Å². The fourth-order valence-corrected chi connectivity index (χ4v) is 2.94. The van der Waals surface area contributed by atoms with Crippen LogP contribution in [0.3, 0.4) is 0 Å². The van der Waals surface area contributed by atoms with Gasteiger partial charge in [0.05, 0.1) is 18.5 Å². The fourth-order valence-electron chi connectivity index (χ4n) is 2.94. The third-order valence-electron chi connectivity index (χ3n) is 4.27. The minimum atomic E-state index is -0.0106. The second kappa shape index (κ2) is 8.51. The molecule has 0 radical (unpaired) electrons. The lowest BCUT2D eigenvalue weighted by atomic mass is 10.2. The van der Waals surface area contributed by atoms with Crippen LogP contribution >= 0.6 is 0 Å². The van der Waals surface area contributed by atoms with Gasteiger partial charge in [-0.1, -0.05) is 12.1 Å². The van der Waals surface area contributed by atoms with Crippen molar-refractivity contribution >= 4 is 17.4 Å². The van der Waals surface area contributed by atoms with Gasteiger partial charge in [-0.25, -0.2) is 4.98 Å². The lowest BCUT2D eigenvalue weighted by Crippen LogP contribution is -2.19. The molecular weight excluding hydrogens is 314 g/mol. The van der Waals surface area contributed by atoms with Gasteiger partial charge in [-0.2, -0.15) is 0 Å². The van der Waals surface area contributed by atoms with Crippen molar-refractivity contribution in [3.8, 4) is 5.75 Å². The van der Waals surface area contributed by atoms with E-state index in [0.29, 0.717) is 19.4 Å². The van der Waals surface area contributed by atoms with E-state index >= 15 is 0 Å². The minimum Gasteiger partial charge on any atom is -0.494 e. The van der Waals surface area contributed by atoms with Crippen LogP contribution in [0.1, 0.15) is 31.2 Å². The van der Waals surface area contributed by atoms with Gasteiger partial charge >= 0.3 is 0 Å². The maximum Gasteiger partial charge on any atom is 0.224 e. The Kier molecular flexibility index (Phi) is 5.88. The Morgan fingerprint density at radius 3 is 2.80 bits per heavy atom. The first-order valence-corrected chi connectivity index (χ1v) is 8.91. The summed E-state index contributed by atoms with van der Waals surface area (Å²) in [6, 6.07) is 11.8. The third-order valence-corrected chi connectivity index (χ3v) is 4.27. The molecule has 1 fully saturated rings. The Bertz CT molecular complexity index is 694. The first-order valence-electron chi connectivity index (χ1n) is 8.91. The van der Waals surface area contributed by atoms with Gasteiger partial charge < -0.3 is 15.0 Å². The Hall–Kier alpha value is -2.56. The van der Waals surface area contributed by atoms with E-state index < -0.39 is 0 Å². The average Bonchev–Trinajstić information content (AvgIpc) is 3.14. The lowest BCUT2D eigenvalue weighted by molar-refractivity contribution is -0.116. The molecule has 132 valence electrons. The number of anilines is 2. The van der Waals surface area contributed by atoms with Gasteiger partial charge in [0.1, 0.15) is 11.6 Å². The Balaban J connectivity index is 1.38. The van der Waals surface area contributed by atoms with Crippen LogP contribution < -0.4 is 15.0 Å². The molecule has 1 aliphatic heterocycles. The molecule has 5 heteroatoms. The number of rotatable bonds is 7. The number of nitrogens with zero attached hydrogens (tertiary/aromatic N) is 2. The molecule has 1 aliphatic rings. The van der Waals surface area contributed by atoms with Crippen molar-refractivity contribution in [2.24, 2.45) is 0 Å². The van der Waals surface area contributed by atoms with E-state index in [0.717, 1.165) is 30.3 Å². The molecule has 1 saturated heterocycles. The summed E-state index contributed by atoms with van der Waals surface area (Å²) in [5, 5.41) is 2.89. The van der Waals surface area contributed by atoms with Crippen LogP contribution in [0.25, 0.3) is 0 Å². The Labute approximate surface area is 149 Å². The van der Waals surface area contributed by atoms with Gasteiger partial charge in [-0.15, -0.1) is 0 Å². The Morgan fingerprint density at radius 1 is 1.24 bits per heavy atom. The number of nitrogens with one attached hydrogen (secondary N) is 1. The SMILES string of the molecule is Cc1cccc(OCCCC(=O)Nc2ccc(N3CCCC3)nc2)c1. The highest BCUT2D eigenvalue weighted by Gasteiger charge is 2.13. The van der Waals surface area contributed by atoms with Crippen LogP contribution in [0, 0.1) is 6.92 Å². The molecule has 2 heterocycles. The second-order valence-corrected chi connectivity index (χ2v) is 6.42. The third kappa shape index (κ3) is 5.21. The molecule has 3 rings (SSSR count). The average molecular weight is 339 g/mol. The van der Waals surface area contributed by atoms with Crippen molar-refractivity contribution in [3.05, 3.63) is 48.2 Å². The number of aromatic nitrogens is 1. The first-order chi connectivity index (χ1) is 12.2. The molecule has 1 N–H and O–H groups in total. The number of benzene rings is 1. The van der Waals surface area contributed by atoms with E-state index in [1.165, 1.54) is 18.4 Å². The van der Waals surface area contributed by atoms with Crippen molar-refractivity contribution in [1.29, 1.82) is 0 Å². The maximum atomic E-state index is 12.0. The standard InChI is InChI=1S/C20H25N3O2/c1-16-6-4-7-18(14-16)25-13-5-8-20(24)22-17-9-10-19(21-15-17)23-11-2-3-12-23/h4,6-7,9-10,14-15H,2-3,5,8,11-13H2,1H3,(H,22,24). The van der Waals surface area contributed by atoms with Gasteiger partial charge in [0.25, 0.3) is 0 Å². The van der Waals surface area contributed by atoms with E-state index in [-0.39, 0.29) is 5.91 Å². The summed E-state index contributed by atoms with van der Waals surface area (Å²) < 4.78 is 5.66. The normalized spacial score (nSPS) is 13.7. The molecule has 2 aromatic rings. The van der Waals surface area contributed by atoms with Crippen LogP contribution in [-0.2, 0) is 4.79 Å². The quantitative estimate of drug-likeness (QED) is 0.780. The smallest absolute Gasteiger partial charge is 0.224 e. The molecule has 0 spiro atoms. The molecule has 25 heavy (non-hydrogen) atoms. The second-order valence-electron chi connectivity index (χ2n) is 6.42. The Morgan fingerprint density at radius 2 is 2.08 bits per heavy atom. The van der Waals surface area contributed by atoms with E-state index in [2.05, 4.69) is 15.2 Å². The molecule has 0 unspecified atom stereocenters. The maximum absolute atomic E-state index is 12.0. The summed E-state index contributed by atoms with van der Waals surface area (Å²) in [7, 11) is 0. The topological polar surface area (TPSA) is 54.5 Å². The van der Waals surface area contributed by atoms with Gasteiger partial charge in [0.2, 0.25) is 5.91 Å². The summed E-state index contributed by atoms with van der Waals surface area (Å²) in [4.78, 5) is 18.7. The number of hydrogen-bond donors (Lipinski definition) is 1. The summed E-state index contributed by atoms with van der Waals surface area (Å²) in [5.74, 6) is 1.83. The fraction of sp³-hybridized carbons (Fsp3) is 0.400. The highest BCUT2D eigenvalue weighted by atomic mass is 16.5. The largest absolute Gasteiger partial charge is 0.494 e. The van der Waals surface area contributed by atoms with Gasteiger partial charge in [0.15, 0.2) is 0 Å². The summed E-state index contributed by atoms with van der Waals surface area (Å²) >= 11 is 0. The number of hydrogen-bond acceptors (Lipinski definition) is 4. The van der Waals surface area contributed by atoms with E-state index in [4.69, 9.17) is 4.74 Å². The number of pyridine rings is 1. The van der Waals surface area contributed by atoms with Gasteiger partial charge in [-0.05, 0) is 56.0 Å². The molecule has 1 amide bonds. The molecule has 5 nitrogen and oxygen atoms in total. The summed E-state index contributed by atoms with van der Waals surface area (Å²) in [6.07, 6.45) is 5.29. The number of carbonyl (C=O) groups excluding carboxylic acids is 1. The van der Waals surface area contributed by atoms with Crippen molar-refractivity contribution < 1.29 is 9.53 Å². The van der Waals surface area contributed by atoms with Gasteiger partial charge in [-0.3, -0.25) is 4.79 Å². The van der Waals surface area contributed by atoms with Crippen LogP contribution in [0.5, 0.6) is 5.75 Å². The number of ether oxygens (including phenoxy) is 1. The van der Waals surface area contributed by atoms with Crippen molar-refractivity contribution in [1.82, 2.24) is 4.98 Å². The zero-order valence-corrected chi connectivity index (χ0v) is 14.7. The number of carbonyl (C=O) groups is 1. The number of aryl methyl sites for hydroxylation is 1. The molecule has 0 bridgehead atoms. The molecule has 1 aromatic heterocycles. The van der Waals surface area contributed by atoms with Crippen LogP contribution in [0.2, 0.25) is 0 Å². The summed E-state index contributed by atoms with van der Waals surface area (Å²) in [6.45, 7) is 4.70. The van der Waals surface area contributed by atoms with Crippen LogP contribution in [0.4, 0.5) is 11.5 Å². The highest BCUT2D eigenvalue weighted by molar-refractivity contribution is 5.90. The van der Waals surface area contributed by atoms with Crippen molar-refractivity contribution in [3.63, 3.8) is 0 Å². The first kappa shape index (κ1) is 17.3. The minimum absolute atomic E-state index is 0.0106. The molecular formula is C20H25N3O2. The van der Waals surface area contributed by atoms with Crippen LogP contribution in [0.15, 0.2) is 42.6 Å². The zero-order chi connectivity index (χ0) is 17.5. The van der Waals surface area contributed by atoms with Gasteiger partial charge in [0, 0.05) is 19.5 Å². The van der Waals surface area contributed by atoms with E-state index in [9.17, 15) is 4.79 Å². The number of amides is 1. The van der Waals surface area contributed by atoms with Crippen molar-refractivity contribution in [2.75, 3.05) is 29.9 Å². The monoisotopic (exact) mass is 339 g/mol. The molecule has 0 saturated carbocycles. The van der Waals surface area contributed by atoms with Crippen LogP contribution in [-0.4, -0.2) is 30.6 Å². The van der Waals surface area contributed by atoms with E-state index in [1.807, 2.05) is 43.3 Å². The molecule has 0 atom stereocenters. The predicted octanol–water partition coefficient (Wildman–Crippen LogP) is 3.79. The molecule has 0 aliphatic carbocycles. The molecule has 1 aromatic carbocycles. The lowest BCUT2D eigenvalue weighted by Gasteiger charge is -2.16. The van der Waals surface area contributed by atoms with Crippen molar-refractivity contribution in [2.45, 2.75) is 32.6 Å². The zero-order valence-electron chi connectivity index (χ0n) is 14.7. The highest BCUT2D eigenvalue weighted by Crippen LogP contribution is 2.19.